The molecular weight excluding hydrogens is 252 g/mol. The summed E-state index contributed by atoms with van der Waals surface area (Å²) in [6.45, 7) is 6.18. The Kier molecular flexibility index (Phi) is 7.09. The first-order valence-corrected chi connectivity index (χ1v) is 7.38. The van der Waals surface area contributed by atoms with Gasteiger partial charge in [-0.05, 0) is 25.3 Å². The molecule has 0 spiro atoms. The number of amides is 1. The lowest BCUT2D eigenvalue weighted by Gasteiger charge is -2.17. The van der Waals surface area contributed by atoms with Crippen LogP contribution in [0.3, 0.4) is 0 Å². The fourth-order valence-corrected chi connectivity index (χ4v) is 2.04. The summed E-state index contributed by atoms with van der Waals surface area (Å²) in [4.78, 5) is 11.8. The predicted molar refractivity (Wildman–Crippen MR) is 81.7 cm³/mol. The van der Waals surface area contributed by atoms with E-state index in [2.05, 4.69) is 19.2 Å². The third-order valence-electron chi connectivity index (χ3n) is 3.47. The van der Waals surface area contributed by atoms with E-state index in [4.69, 9.17) is 10.5 Å². The molecule has 0 aliphatic carbocycles. The Bertz CT molecular complexity index is 417. The monoisotopic (exact) mass is 278 g/mol. The predicted octanol–water partition coefficient (Wildman–Crippen LogP) is 2.78. The van der Waals surface area contributed by atoms with Crippen LogP contribution in [0.25, 0.3) is 0 Å². The van der Waals surface area contributed by atoms with Crippen LogP contribution in [0.1, 0.15) is 51.6 Å². The highest BCUT2D eigenvalue weighted by Gasteiger charge is 2.12. The van der Waals surface area contributed by atoms with Crippen LogP contribution in [0.4, 0.5) is 0 Å². The highest BCUT2D eigenvalue weighted by Crippen LogP contribution is 2.25. The second-order valence-corrected chi connectivity index (χ2v) is 4.92. The zero-order chi connectivity index (χ0) is 15.0. The lowest BCUT2D eigenvalue weighted by molar-refractivity contribution is -0.123. The average Bonchev–Trinajstić information content (AvgIpc) is 2.50. The summed E-state index contributed by atoms with van der Waals surface area (Å²) >= 11 is 0. The summed E-state index contributed by atoms with van der Waals surface area (Å²) in [5.41, 5.74) is 6.99. The average molecular weight is 278 g/mol. The topological polar surface area (TPSA) is 64.3 Å². The van der Waals surface area contributed by atoms with Crippen molar-refractivity contribution in [2.24, 2.45) is 5.73 Å². The summed E-state index contributed by atoms with van der Waals surface area (Å²) in [6.07, 6.45) is 2.69. The van der Waals surface area contributed by atoms with Gasteiger partial charge in [-0.3, -0.25) is 4.79 Å². The van der Waals surface area contributed by atoms with Gasteiger partial charge in [-0.1, -0.05) is 39.0 Å². The van der Waals surface area contributed by atoms with Crippen LogP contribution < -0.4 is 15.8 Å². The van der Waals surface area contributed by atoms with Crippen LogP contribution in [0.15, 0.2) is 24.3 Å². The minimum Gasteiger partial charge on any atom is -0.483 e. The van der Waals surface area contributed by atoms with Gasteiger partial charge in [0.2, 0.25) is 0 Å². The quantitative estimate of drug-likeness (QED) is 0.768. The van der Waals surface area contributed by atoms with Crippen molar-refractivity contribution in [1.82, 2.24) is 5.32 Å². The Morgan fingerprint density at radius 1 is 1.20 bits per heavy atom. The summed E-state index contributed by atoms with van der Waals surface area (Å²) in [6, 6.07) is 7.78. The van der Waals surface area contributed by atoms with E-state index in [0.717, 1.165) is 24.8 Å². The zero-order valence-corrected chi connectivity index (χ0v) is 12.7. The Morgan fingerprint density at radius 2 is 1.85 bits per heavy atom. The van der Waals surface area contributed by atoms with Crippen molar-refractivity contribution in [3.05, 3.63) is 29.8 Å². The summed E-state index contributed by atoms with van der Waals surface area (Å²) < 4.78 is 5.62. The SMILES string of the molecule is CCC(CC)NC(=O)COc1ccccc1[C@@H](N)CC. The van der Waals surface area contributed by atoms with Crippen LogP contribution in [0.2, 0.25) is 0 Å². The number of benzene rings is 1. The van der Waals surface area contributed by atoms with Gasteiger partial charge in [0.15, 0.2) is 6.61 Å². The number of carbonyl (C=O) groups excluding carboxylic acids is 1. The normalized spacial score (nSPS) is 12.2. The molecule has 0 radical (unpaired) electrons. The smallest absolute Gasteiger partial charge is 0.258 e. The van der Waals surface area contributed by atoms with E-state index in [-0.39, 0.29) is 24.6 Å². The third kappa shape index (κ3) is 4.85. The summed E-state index contributed by atoms with van der Waals surface area (Å²) in [5, 5.41) is 2.95. The Balaban J connectivity index is 2.59. The summed E-state index contributed by atoms with van der Waals surface area (Å²) in [7, 11) is 0. The standard InChI is InChI=1S/C16H26N2O2/c1-4-12(5-2)18-16(19)11-20-15-10-8-7-9-13(15)14(17)6-3/h7-10,12,14H,4-6,11,17H2,1-3H3,(H,18,19)/t14-/m0/s1. The molecule has 112 valence electrons. The molecule has 0 fully saturated rings. The molecule has 1 aromatic carbocycles. The molecule has 0 aliphatic heterocycles. The highest BCUT2D eigenvalue weighted by atomic mass is 16.5. The molecule has 4 heteroatoms. The number of rotatable bonds is 8. The maximum atomic E-state index is 11.8. The molecule has 0 bridgehead atoms. The van der Waals surface area contributed by atoms with Gasteiger partial charge in [0.1, 0.15) is 5.75 Å². The molecule has 1 rings (SSSR count). The van der Waals surface area contributed by atoms with Crippen LogP contribution >= 0.6 is 0 Å². The second kappa shape index (κ2) is 8.59. The minimum absolute atomic E-state index is 0.0317. The molecule has 0 aromatic heterocycles. The largest absolute Gasteiger partial charge is 0.483 e. The van der Waals surface area contributed by atoms with E-state index in [1.165, 1.54) is 0 Å². The van der Waals surface area contributed by atoms with Crippen LogP contribution in [0, 0.1) is 0 Å². The lowest BCUT2D eigenvalue weighted by atomic mass is 10.0. The van der Waals surface area contributed by atoms with Crippen LogP contribution in [-0.4, -0.2) is 18.6 Å². The zero-order valence-electron chi connectivity index (χ0n) is 12.7. The van der Waals surface area contributed by atoms with Gasteiger partial charge in [0, 0.05) is 17.6 Å². The summed E-state index contributed by atoms with van der Waals surface area (Å²) in [5.74, 6) is 0.611. The lowest BCUT2D eigenvalue weighted by Crippen LogP contribution is -2.37. The molecule has 1 amide bonds. The van der Waals surface area contributed by atoms with Crippen molar-refractivity contribution >= 4 is 5.91 Å². The van der Waals surface area contributed by atoms with Crippen molar-refractivity contribution in [2.45, 2.75) is 52.1 Å². The fourth-order valence-electron chi connectivity index (χ4n) is 2.04. The number of para-hydroxylation sites is 1. The van der Waals surface area contributed by atoms with E-state index in [9.17, 15) is 4.79 Å². The number of nitrogens with two attached hydrogens (primary N) is 1. The van der Waals surface area contributed by atoms with Crippen molar-refractivity contribution < 1.29 is 9.53 Å². The van der Waals surface area contributed by atoms with Gasteiger partial charge in [-0.2, -0.15) is 0 Å². The maximum absolute atomic E-state index is 11.8. The molecular formula is C16H26N2O2. The van der Waals surface area contributed by atoms with E-state index >= 15 is 0 Å². The third-order valence-corrected chi connectivity index (χ3v) is 3.47. The molecule has 1 atom stereocenters. The molecule has 4 nitrogen and oxygen atoms in total. The molecule has 0 saturated heterocycles. The van der Waals surface area contributed by atoms with Gasteiger partial charge in [0.05, 0.1) is 0 Å². The molecule has 1 aromatic rings. The van der Waals surface area contributed by atoms with Crippen LogP contribution in [-0.2, 0) is 4.79 Å². The molecule has 0 aliphatic rings. The molecule has 0 unspecified atom stereocenters. The first-order valence-electron chi connectivity index (χ1n) is 7.38. The van der Waals surface area contributed by atoms with Gasteiger partial charge < -0.3 is 15.8 Å². The van der Waals surface area contributed by atoms with Crippen molar-refractivity contribution in [3.63, 3.8) is 0 Å². The number of carbonyl (C=O) groups is 1. The van der Waals surface area contributed by atoms with Crippen molar-refractivity contribution in [3.8, 4) is 5.75 Å². The number of hydrogen-bond acceptors (Lipinski definition) is 3. The second-order valence-electron chi connectivity index (χ2n) is 4.92. The molecule has 3 N–H and O–H groups in total. The number of nitrogens with one attached hydrogen (secondary N) is 1. The number of hydrogen-bond donors (Lipinski definition) is 2. The van der Waals surface area contributed by atoms with Crippen LogP contribution in [0.5, 0.6) is 5.75 Å². The Labute approximate surface area is 121 Å². The fraction of sp³-hybridized carbons (Fsp3) is 0.562. The van der Waals surface area contributed by atoms with Gasteiger partial charge in [0.25, 0.3) is 5.91 Å². The van der Waals surface area contributed by atoms with E-state index < -0.39 is 0 Å². The van der Waals surface area contributed by atoms with E-state index in [1.54, 1.807) is 0 Å². The first kappa shape index (κ1) is 16.5. The van der Waals surface area contributed by atoms with E-state index in [1.807, 2.05) is 31.2 Å². The number of ether oxygens (including phenoxy) is 1. The van der Waals surface area contributed by atoms with Gasteiger partial charge >= 0.3 is 0 Å². The van der Waals surface area contributed by atoms with Crippen molar-refractivity contribution in [2.75, 3.05) is 6.61 Å². The Morgan fingerprint density at radius 3 is 2.45 bits per heavy atom. The Hall–Kier alpha value is -1.55. The minimum atomic E-state index is -0.0847. The van der Waals surface area contributed by atoms with Crippen molar-refractivity contribution in [1.29, 1.82) is 0 Å². The first-order chi connectivity index (χ1) is 9.62. The van der Waals surface area contributed by atoms with Gasteiger partial charge in [-0.25, -0.2) is 0 Å². The molecule has 20 heavy (non-hydrogen) atoms. The maximum Gasteiger partial charge on any atom is 0.258 e. The highest BCUT2D eigenvalue weighted by molar-refractivity contribution is 5.77. The molecule has 0 heterocycles. The van der Waals surface area contributed by atoms with E-state index in [0.29, 0.717) is 5.75 Å². The van der Waals surface area contributed by atoms with Gasteiger partial charge in [-0.15, -0.1) is 0 Å². The molecule has 0 saturated carbocycles.